The third-order valence-corrected chi connectivity index (χ3v) is 4.01. The first-order valence-corrected chi connectivity index (χ1v) is 7.62. The quantitative estimate of drug-likeness (QED) is 0.733. The second kappa shape index (κ2) is 5.93. The average molecular weight is 361 g/mol. The van der Waals surface area contributed by atoms with Gasteiger partial charge in [-0.2, -0.15) is 0 Å². The van der Waals surface area contributed by atoms with Crippen LogP contribution >= 0.6 is 15.9 Å². The number of carbonyl (C=O) groups is 1. The van der Waals surface area contributed by atoms with Crippen LogP contribution < -0.4 is 5.32 Å². The van der Waals surface area contributed by atoms with Crippen LogP contribution in [0.15, 0.2) is 53.1 Å². The Hall–Kier alpha value is -2.14. The largest absolute Gasteiger partial charge is 0.338 e. The van der Waals surface area contributed by atoms with Gasteiger partial charge in [0.1, 0.15) is 12.4 Å². The first-order chi connectivity index (χ1) is 10.5. The van der Waals surface area contributed by atoms with Crippen molar-refractivity contribution in [2.24, 2.45) is 0 Å². The van der Waals surface area contributed by atoms with Gasteiger partial charge in [-0.25, -0.2) is 4.39 Å². The number of fused-ring (bicyclic) bond motifs is 1. The summed E-state index contributed by atoms with van der Waals surface area (Å²) in [4.78, 5) is 12.2. The minimum Gasteiger partial charge on any atom is -0.338 e. The van der Waals surface area contributed by atoms with Crippen LogP contribution in [0, 0.1) is 12.7 Å². The fraction of sp³-hybridized carbons (Fsp3) is 0.118. The highest BCUT2D eigenvalue weighted by Crippen LogP contribution is 2.21. The van der Waals surface area contributed by atoms with Crippen LogP contribution in [0.4, 0.5) is 10.1 Å². The second-order valence-corrected chi connectivity index (χ2v) is 6.07. The van der Waals surface area contributed by atoms with Gasteiger partial charge < -0.3 is 9.88 Å². The van der Waals surface area contributed by atoms with E-state index < -0.39 is 0 Å². The zero-order valence-electron chi connectivity index (χ0n) is 11.9. The summed E-state index contributed by atoms with van der Waals surface area (Å²) in [6, 6.07) is 12.2. The van der Waals surface area contributed by atoms with Crippen LogP contribution in [0.1, 0.15) is 5.56 Å². The van der Waals surface area contributed by atoms with E-state index in [9.17, 15) is 9.18 Å². The Morgan fingerprint density at radius 3 is 2.86 bits per heavy atom. The maximum absolute atomic E-state index is 13.3. The van der Waals surface area contributed by atoms with Gasteiger partial charge in [0.2, 0.25) is 5.91 Å². The fourth-order valence-corrected chi connectivity index (χ4v) is 2.76. The predicted octanol–water partition coefficient (Wildman–Crippen LogP) is 4.49. The van der Waals surface area contributed by atoms with Crippen LogP contribution in [0.25, 0.3) is 10.9 Å². The monoisotopic (exact) mass is 360 g/mol. The van der Waals surface area contributed by atoms with Gasteiger partial charge in [0.25, 0.3) is 0 Å². The van der Waals surface area contributed by atoms with E-state index in [1.165, 1.54) is 12.1 Å². The number of aromatic nitrogens is 1. The molecular formula is C17H14BrFN2O. The van der Waals surface area contributed by atoms with E-state index >= 15 is 0 Å². The number of hydrogen-bond donors (Lipinski definition) is 1. The van der Waals surface area contributed by atoms with E-state index in [1.807, 2.05) is 42.0 Å². The van der Waals surface area contributed by atoms with E-state index in [2.05, 4.69) is 21.2 Å². The van der Waals surface area contributed by atoms with Gasteiger partial charge >= 0.3 is 0 Å². The lowest BCUT2D eigenvalue weighted by atomic mass is 10.2. The van der Waals surface area contributed by atoms with Crippen LogP contribution in [0.5, 0.6) is 0 Å². The molecule has 3 nitrogen and oxygen atoms in total. The summed E-state index contributed by atoms with van der Waals surface area (Å²) in [6.07, 6.45) is 1.87. The van der Waals surface area contributed by atoms with Crippen molar-refractivity contribution >= 4 is 38.4 Å². The van der Waals surface area contributed by atoms with Crippen molar-refractivity contribution in [1.82, 2.24) is 4.57 Å². The number of aryl methyl sites for hydroxylation is 1. The minimum atomic E-state index is -0.364. The predicted molar refractivity (Wildman–Crippen MR) is 89.4 cm³/mol. The van der Waals surface area contributed by atoms with Crippen molar-refractivity contribution < 1.29 is 9.18 Å². The number of carbonyl (C=O) groups excluding carboxylic acids is 1. The molecule has 3 rings (SSSR count). The molecule has 1 aromatic heterocycles. The molecule has 0 aliphatic carbocycles. The van der Waals surface area contributed by atoms with E-state index in [0.29, 0.717) is 5.69 Å². The smallest absolute Gasteiger partial charge is 0.244 e. The zero-order valence-corrected chi connectivity index (χ0v) is 13.5. The highest BCUT2D eigenvalue weighted by molar-refractivity contribution is 9.10. The van der Waals surface area contributed by atoms with Crippen molar-refractivity contribution in [1.29, 1.82) is 0 Å². The molecule has 0 radical (unpaired) electrons. The van der Waals surface area contributed by atoms with Crippen LogP contribution in [-0.2, 0) is 11.3 Å². The molecule has 3 aromatic rings. The van der Waals surface area contributed by atoms with Crippen molar-refractivity contribution in [2.75, 3.05) is 5.32 Å². The van der Waals surface area contributed by atoms with Gasteiger partial charge in [0.15, 0.2) is 0 Å². The first-order valence-electron chi connectivity index (χ1n) is 6.83. The topological polar surface area (TPSA) is 34.0 Å². The number of nitrogens with one attached hydrogen (secondary N) is 1. The molecule has 0 saturated carbocycles. The third kappa shape index (κ3) is 3.04. The average Bonchev–Trinajstić information content (AvgIpc) is 2.85. The highest BCUT2D eigenvalue weighted by Gasteiger charge is 2.09. The number of rotatable bonds is 3. The third-order valence-electron chi connectivity index (χ3n) is 3.52. The SMILES string of the molecule is Cc1ccc(F)cc1NC(=O)Cn1ccc2cc(Br)ccc21. The lowest BCUT2D eigenvalue weighted by Crippen LogP contribution is -2.18. The van der Waals surface area contributed by atoms with Crippen molar-refractivity contribution in [2.45, 2.75) is 13.5 Å². The molecule has 22 heavy (non-hydrogen) atoms. The standard InChI is InChI=1S/C17H14BrFN2O/c1-11-2-4-14(19)9-15(11)20-17(22)10-21-7-6-12-8-13(18)3-5-16(12)21/h2-9H,10H2,1H3,(H,20,22). The number of amides is 1. The summed E-state index contributed by atoms with van der Waals surface area (Å²) in [5, 5.41) is 3.82. The van der Waals surface area contributed by atoms with Crippen molar-refractivity contribution in [3.8, 4) is 0 Å². The first kappa shape index (κ1) is 14.8. The van der Waals surface area contributed by atoms with Crippen LogP contribution in [0.3, 0.4) is 0 Å². The summed E-state index contributed by atoms with van der Waals surface area (Å²) < 4.78 is 16.1. The fourth-order valence-electron chi connectivity index (χ4n) is 2.38. The molecule has 0 unspecified atom stereocenters. The summed E-state index contributed by atoms with van der Waals surface area (Å²) in [6.45, 7) is 2.01. The molecule has 2 aromatic carbocycles. The molecule has 1 heterocycles. The Balaban J connectivity index is 1.80. The number of benzene rings is 2. The lowest BCUT2D eigenvalue weighted by Gasteiger charge is -2.10. The van der Waals surface area contributed by atoms with Crippen LogP contribution in [-0.4, -0.2) is 10.5 Å². The van der Waals surface area contributed by atoms with E-state index in [0.717, 1.165) is 20.9 Å². The summed E-state index contributed by atoms with van der Waals surface area (Å²) in [5.74, 6) is -0.550. The van der Waals surface area contributed by atoms with Gasteiger partial charge in [-0.1, -0.05) is 22.0 Å². The summed E-state index contributed by atoms with van der Waals surface area (Å²) in [5.41, 5.74) is 2.31. The molecule has 0 bridgehead atoms. The lowest BCUT2D eigenvalue weighted by molar-refractivity contribution is -0.116. The summed E-state index contributed by atoms with van der Waals surface area (Å²) >= 11 is 3.43. The van der Waals surface area contributed by atoms with Crippen LogP contribution in [0.2, 0.25) is 0 Å². The molecule has 0 spiro atoms. The molecule has 1 amide bonds. The zero-order chi connectivity index (χ0) is 15.7. The minimum absolute atomic E-state index is 0.182. The Kier molecular flexibility index (Phi) is 3.98. The van der Waals surface area contributed by atoms with Gasteiger partial charge in [0.05, 0.1) is 0 Å². The second-order valence-electron chi connectivity index (χ2n) is 5.15. The molecular weight excluding hydrogens is 347 g/mol. The molecule has 0 aliphatic rings. The Morgan fingerprint density at radius 1 is 1.23 bits per heavy atom. The van der Waals surface area contributed by atoms with E-state index in [1.54, 1.807) is 6.07 Å². The van der Waals surface area contributed by atoms with E-state index in [4.69, 9.17) is 0 Å². The number of halogens is 2. The Labute approximate surface area is 135 Å². The molecule has 0 fully saturated rings. The molecule has 0 aliphatic heterocycles. The Morgan fingerprint density at radius 2 is 2.05 bits per heavy atom. The molecule has 5 heteroatoms. The van der Waals surface area contributed by atoms with E-state index in [-0.39, 0.29) is 18.3 Å². The maximum Gasteiger partial charge on any atom is 0.244 e. The molecule has 0 saturated heterocycles. The Bertz CT molecular complexity index is 857. The number of anilines is 1. The number of nitrogens with zero attached hydrogens (tertiary/aromatic N) is 1. The molecule has 0 atom stereocenters. The molecule has 1 N–H and O–H groups in total. The normalized spacial score (nSPS) is 10.9. The van der Waals surface area contributed by atoms with Gasteiger partial charge in [-0.3, -0.25) is 4.79 Å². The van der Waals surface area contributed by atoms with Crippen molar-refractivity contribution in [3.05, 3.63) is 64.5 Å². The van der Waals surface area contributed by atoms with Crippen molar-refractivity contribution in [3.63, 3.8) is 0 Å². The molecule has 112 valence electrons. The van der Waals surface area contributed by atoms with Gasteiger partial charge in [0, 0.05) is 27.3 Å². The van der Waals surface area contributed by atoms with Gasteiger partial charge in [-0.05, 0) is 48.9 Å². The summed E-state index contributed by atoms with van der Waals surface area (Å²) in [7, 11) is 0. The number of hydrogen-bond acceptors (Lipinski definition) is 1. The highest BCUT2D eigenvalue weighted by atomic mass is 79.9. The van der Waals surface area contributed by atoms with Gasteiger partial charge in [-0.15, -0.1) is 0 Å². The maximum atomic E-state index is 13.3.